The normalized spacial score (nSPS) is 18.6. The van der Waals surface area contributed by atoms with Crippen molar-refractivity contribution < 1.29 is 4.79 Å². The second-order valence-electron chi connectivity index (χ2n) is 5.71. The number of carbonyl (C=O) groups is 1. The van der Waals surface area contributed by atoms with Gasteiger partial charge in [-0.1, -0.05) is 13.0 Å². The van der Waals surface area contributed by atoms with Crippen LogP contribution in [0.5, 0.6) is 0 Å². The van der Waals surface area contributed by atoms with Gasteiger partial charge in [0.1, 0.15) is 5.82 Å². The van der Waals surface area contributed by atoms with Crippen LogP contribution in [-0.2, 0) is 11.3 Å². The average Bonchev–Trinajstić information content (AvgIpc) is 2.43. The molecule has 1 aromatic heterocycles. The van der Waals surface area contributed by atoms with Crippen molar-refractivity contribution in [3.8, 4) is 0 Å². The van der Waals surface area contributed by atoms with E-state index in [9.17, 15) is 4.79 Å². The second kappa shape index (κ2) is 6.22. The first-order valence-electron chi connectivity index (χ1n) is 7.26. The Kier molecular flexibility index (Phi) is 4.60. The van der Waals surface area contributed by atoms with Crippen LogP contribution in [0.2, 0.25) is 0 Å². The molecule has 1 fully saturated rings. The maximum Gasteiger partial charge on any atom is 0.240 e. The van der Waals surface area contributed by atoms with Gasteiger partial charge in [-0.15, -0.1) is 0 Å². The van der Waals surface area contributed by atoms with Gasteiger partial charge in [-0.3, -0.25) is 9.69 Å². The molecule has 0 radical (unpaired) electrons. The predicted octanol–water partition coefficient (Wildman–Crippen LogP) is 1.61. The summed E-state index contributed by atoms with van der Waals surface area (Å²) in [6.45, 7) is 9.33. The minimum Gasteiger partial charge on any atom is -0.370 e. The molecule has 1 aliphatic heterocycles. The maximum absolute atomic E-state index is 11.9. The molecule has 2 rings (SSSR count). The van der Waals surface area contributed by atoms with Gasteiger partial charge in [0.05, 0.1) is 5.54 Å². The van der Waals surface area contributed by atoms with Gasteiger partial charge in [-0.05, 0) is 31.9 Å². The molecular formula is C15H24N4O. The highest BCUT2D eigenvalue weighted by molar-refractivity contribution is 5.86. The van der Waals surface area contributed by atoms with Crippen LogP contribution in [0.4, 0.5) is 5.82 Å². The van der Waals surface area contributed by atoms with Crippen molar-refractivity contribution in [2.45, 2.75) is 39.3 Å². The molecule has 110 valence electrons. The monoisotopic (exact) mass is 276 g/mol. The highest BCUT2D eigenvalue weighted by Gasteiger charge is 2.37. The quantitative estimate of drug-likeness (QED) is 0.858. The summed E-state index contributed by atoms with van der Waals surface area (Å²) in [4.78, 5) is 18.5. The van der Waals surface area contributed by atoms with E-state index in [4.69, 9.17) is 0 Å². The first-order chi connectivity index (χ1) is 9.54. The van der Waals surface area contributed by atoms with Crippen LogP contribution in [-0.4, -0.2) is 41.0 Å². The molecule has 0 spiro atoms. The maximum atomic E-state index is 11.9. The van der Waals surface area contributed by atoms with E-state index in [2.05, 4.69) is 33.5 Å². The molecule has 20 heavy (non-hydrogen) atoms. The Morgan fingerprint density at radius 2 is 2.25 bits per heavy atom. The summed E-state index contributed by atoms with van der Waals surface area (Å²) < 4.78 is 0. The van der Waals surface area contributed by atoms with Crippen LogP contribution in [0.1, 0.15) is 32.8 Å². The molecule has 2 N–H and O–H groups in total. The lowest BCUT2D eigenvalue weighted by Gasteiger charge is -2.41. The summed E-state index contributed by atoms with van der Waals surface area (Å²) >= 11 is 0. The van der Waals surface area contributed by atoms with Crippen molar-refractivity contribution in [2.24, 2.45) is 0 Å². The Morgan fingerprint density at radius 3 is 2.90 bits per heavy atom. The number of amides is 1. The number of nitrogens with zero attached hydrogens (tertiary/aromatic N) is 2. The van der Waals surface area contributed by atoms with Crippen molar-refractivity contribution in [3.05, 3.63) is 23.9 Å². The fraction of sp³-hybridized carbons (Fsp3) is 0.600. The summed E-state index contributed by atoms with van der Waals surface area (Å²) in [6, 6.07) is 4.08. The topological polar surface area (TPSA) is 57.3 Å². The molecule has 2 heterocycles. The van der Waals surface area contributed by atoms with Crippen molar-refractivity contribution in [1.82, 2.24) is 15.2 Å². The fourth-order valence-electron chi connectivity index (χ4n) is 2.32. The number of hydrogen-bond acceptors (Lipinski definition) is 4. The Balaban J connectivity index is 2.00. The summed E-state index contributed by atoms with van der Waals surface area (Å²) in [5.74, 6) is 1.00. The van der Waals surface area contributed by atoms with Crippen molar-refractivity contribution >= 4 is 11.7 Å². The number of anilines is 1. The first-order valence-corrected chi connectivity index (χ1v) is 7.26. The second-order valence-corrected chi connectivity index (χ2v) is 5.71. The van der Waals surface area contributed by atoms with Crippen LogP contribution in [0.15, 0.2) is 18.3 Å². The Labute approximate surface area is 120 Å². The SMILES string of the molecule is CCCNc1ccc(CN2CCNC(=O)C2(C)C)cn1. The summed E-state index contributed by atoms with van der Waals surface area (Å²) in [6.07, 6.45) is 2.97. The van der Waals surface area contributed by atoms with E-state index < -0.39 is 5.54 Å². The van der Waals surface area contributed by atoms with Gasteiger partial charge in [-0.2, -0.15) is 0 Å². The number of piperazine rings is 1. The van der Waals surface area contributed by atoms with Crippen LogP contribution < -0.4 is 10.6 Å². The Hall–Kier alpha value is -1.62. The zero-order chi connectivity index (χ0) is 14.6. The smallest absolute Gasteiger partial charge is 0.240 e. The Bertz CT molecular complexity index is 455. The molecule has 1 amide bonds. The van der Waals surface area contributed by atoms with Crippen molar-refractivity contribution in [1.29, 1.82) is 0 Å². The minimum absolute atomic E-state index is 0.0953. The van der Waals surface area contributed by atoms with Gasteiger partial charge in [-0.25, -0.2) is 4.98 Å². The molecule has 0 bridgehead atoms. The molecule has 1 saturated heterocycles. The lowest BCUT2D eigenvalue weighted by atomic mass is 9.98. The van der Waals surface area contributed by atoms with Crippen LogP contribution in [0.25, 0.3) is 0 Å². The van der Waals surface area contributed by atoms with Gasteiger partial charge in [0.15, 0.2) is 0 Å². The lowest BCUT2D eigenvalue weighted by Crippen LogP contribution is -2.61. The number of hydrogen-bond donors (Lipinski definition) is 2. The lowest BCUT2D eigenvalue weighted by molar-refractivity contribution is -0.135. The molecule has 0 aromatic carbocycles. The summed E-state index contributed by atoms with van der Waals surface area (Å²) in [7, 11) is 0. The molecule has 5 nitrogen and oxygen atoms in total. The van der Waals surface area contributed by atoms with E-state index in [1.165, 1.54) is 0 Å². The zero-order valence-corrected chi connectivity index (χ0v) is 12.6. The summed E-state index contributed by atoms with van der Waals surface area (Å²) in [5.41, 5.74) is 0.673. The zero-order valence-electron chi connectivity index (χ0n) is 12.6. The number of carbonyl (C=O) groups excluding carboxylic acids is 1. The fourth-order valence-corrected chi connectivity index (χ4v) is 2.32. The van der Waals surface area contributed by atoms with E-state index in [-0.39, 0.29) is 5.91 Å². The summed E-state index contributed by atoms with van der Waals surface area (Å²) in [5, 5.41) is 6.17. The largest absolute Gasteiger partial charge is 0.370 e. The van der Waals surface area contributed by atoms with Crippen molar-refractivity contribution in [3.63, 3.8) is 0 Å². The first kappa shape index (κ1) is 14.8. The predicted molar refractivity (Wildman–Crippen MR) is 80.5 cm³/mol. The van der Waals surface area contributed by atoms with Gasteiger partial charge in [0.25, 0.3) is 0 Å². The van der Waals surface area contributed by atoms with Crippen LogP contribution >= 0.6 is 0 Å². The standard InChI is InChI=1S/C15H24N4O/c1-4-7-16-13-6-5-12(10-18-13)11-19-9-8-17-14(20)15(19,2)3/h5-6,10H,4,7-9,11H2,1-3H3,(H,16,18)(H,17,20). The molecule has 0 saturated carbocycles. The highest BCUT2D eigenvalue weighted by atomic mass is 16.2. The molecule has 0 atom stereocenters. The van der Waals surface area contributed by atoms with Gasteiger partial charge < -0.3 is 10.6 Å². The van der Waals surface area contributed by atoms with Crippen LogP contribution in [0, 0.1) is 0 Å². The van der Waals surface area contributed by atoms with Crippen LogP contribution in [0.3, 0.4) is 0 Å². The third-order valence-electron chi connectivity index (χ3n) is 3.77. The van der Waals surface area contributed by atoms with E-state index in [0.717, 1.165) is 37.4 Å². The Morgan fingerprint density at radius 1 is 1.45 bits per heavy atom. The van der Waals surface area contributed by atoms with E-state index >= 15 is 0 Å². The molecule has 5 heteroatoms. The third-order valence-corrected chi connectivity index (χ3v) is 3.77. The molecule has 1 aromatic rings. The number of pyridine rings is 1. The van der Waals surface area contributed by atoms with Gasteiger partial charge >= 0.3 is 0 Å². The average molecular weight is 276 g/mol. The van der Waals surface area contributed by atoms with Gasteiger partial charge in [0.2, 0.25) is 5.91 Å². The van der Waals surface area contributed by atoms with Gasteiger partial charge in [0, 0.05) is 32.4 Å². The minimum atomic E-state index is -0.461. The third kappa shape index (κ3) is 3.28. The molecule has 1 aliphatic rings. The molecule has 0 aliphatic carbocycles. The molecular weight excluding hydrogens is 252 g/mol. The van der Waals surface area contributed by atoms with E-state index in [1.54, 1.807) is 0 Å². The number of aromatic nitrogens is 1. The van der Waals surface area contributed by atoms with E-state index in [0.29, 0.717) is 6.54 Å². The molecule has 0 unspecified atom stereocenters. The highest BCUT2D eigenvalue weighted by Crippen LogP contribution is 2.20. The number of rotatable bonds is 5. The number of nitrogens with one attached hydrogen (secondary N) is 2. The van der Waals surface area contributed by atoms with E-state index in [1.807, 2.05) is 26.1 Å². The van der Waals surface area contributed by atoms with Crippen molar-refractivity contribution in [2.75, 3.05) is 25.0 Å².